The van der Waals surface area contributed by atoms with Crippen molar-refractivity contribution in [2.45, 2.75) is 19.3 Å². The largest absolute Gasteiger partial charge is 0.496 e. The second-order valence-electron chi connectivity index (χ2n) is 6.90. The third-order valence-electron chi connectivity index (χ3n) is 4.95. The number of pyridine rings is 1. The van der Waals surface area contributed by atoms with Crippen LogP contribution in [0, 0.1) is 5.92 Å². The molecule has 2 heterocycles. The number of rotatable bonds is 6. The molecule has 0 saturated carbocycles. The molecule has 6 heteroatoms. The van der Waals surface area contributed by atoms with Gasteiger partial charge in [-0.15, -0.1) is 0 Å². The van der Waals surface area contributed by atoms with Crippen molar-refractivity contribution in [2.75, 3.05) is 27.2 Å². The van der Waals surface area contributed by atoms with Crippen LogP contribution < -0.4 is 4.74 Å². The minimum atomic E-state index is -0.0930. The molecule has 2 aromatic rings. The molecule has 3 rings (SSSR count). The number of piperidine rings is 1. The fourth-order valence-corrected chi connectivity index (χ4v) is 3.71. The fraction of sp³-hybridized carbons (Fsp3) is 0.381. The first kappa shape index (κ1) is 19.7. The predicted octanol–water partition coefficient (Wildman–Crippen LogP) is 3.80. The zero-order chi connectivity index (χ0) is 19.4. The normalized spacial score (nSPS) is 15.5. The Morgan fingerprint density at radius 3 is 2.67 bits per heavy atom. The monoisotopic (exact) mass is 430 g/mol. The molecular weight excluding hydrogens is 408 g/mol. The van der Waals surface area contributed by atoms with E-state index in [0.29, 0.717) is 22.7 Å². The van der Waals surface area contributed by atoms with Gasteiger partial charge in [-0.05, 0) is 63.3 Å². The molecule has 0 amide bonds. The molecule has 1 aliphatic heterocycles. The van der Waals surface area contributed by atoms with Gasteiger partial charge in [0, 0.05) is 16.1 Å². The number of methoxy groups -OCH3 is 1. The molecule has 5 nitrogen and oxygen atoms in total. The lowest BCUT2D eigenvalue weighted by atomic mass is 9.91. The second-order valence-corrected chi connectivity index (χ2v) is 7.82. The van der Waals surface area contributed by atoms with Gasteiger partial charge in [0.15, 0.2) is 11.6 Å². The molecule has 0 radical (unpaired) electrons. The van der Waals surface area contributed by atoms with Gasteiger partial charge in [0.2, 0.25) is 0 Å². The number of ketones is 2. The molecule has 0 aliphatic carbocycles. The number of carbonyl (C=O) groups is 2. The summed E-state index contributed by atoms with van der Waals surface area (Å²) in [6, 6.07) is 10.7. The Morgan fingerprint density at radius 2 is 1.96 bits per heavy atom. The summed E-state index contributed by atoms with van der Waals surface area (Å²) >= 11 is 3.39. The van der Waals surface area contributed by atoms with Crippen LogP contribution in [0.2, 0.25) is 0 Å². The van der Waals surface area contributed by atoms with Crippen molar-refractivity contribution in [3.05, 3.63) is 57.8 Å². The van der Waals surface area contributed by atoms with E-state index in [9.17, 15) is 9.59 Å². The van der Waals surface area contributed by atoms with Gasteiger partial charge in [0.05, 0.1) is 19.1 Å². The van der Waals surface area contributed by atoms with Crippen molar-refractivity contribution >= 4 is 27.5 Å². The van der Waals surface area contributed by atoms with Crippen molar-refractivity contribution < 1.29 is 14.3 Å². The maximum Gasteiger partial charge on any atom is 0.184 e. The molecule has 1 saturated heterocycles. The summed E-state index contributed by atoms with van der Waals surface area (Å²) in [5.74, 6) is 0.536. The lowest BCUT2D eigenvalue weighted by molar-refractivity contribution is 0.0850. The summed E-state index contributed by atoms with van der Waals surface area (Å²) in [6.07, 6.45) is 1.84. The van der Waals surface area contributed by atoms with Crippen LogP contribution in [0.15, 0.2) is 40.9 Å². The van der Waals surface area contributed by atoms with E-state index in [0.717, 1.165) is 30.4 Å². The molecule has 1 aliphatic rings. The summed E-state index contributed by atoms with van der Waals surface area (Å²) < 4.78 is 6.10. The van der Waals surface area contributed by atoms with Gasteiger partial charge in [0.1, 0.15) is 11.4 Å². The van der Waals surface area contributed by atoms with Crippen LogP contribution in [0.1, 0.15) is 39.4 Å². The molecule has 1 aromatic carbocycles. The summed E-state index contributed by atoms with van der Waals surface area (Å²) in [5, 5.41) is 0. The Balaban J connectivity index is 1.75. The average molecular weight is 431 g/mol. The van der Waals surface area contributed by atoms with Crippen LogP contribution in [0.25, 0.3) is 0 Å². The lowest BCUT2D eigenvalue weighted by Gasteiger charge is -2.27. The van der Waals surface area contributed by atoms with Gasteiger partial charge in [-0.3, -0.25) is 9.59 Å². The molecule has 27 heavy (non-hydrogen) atoms. The van der Waals surface area contributed by atoms with Gasteiger partial charge in [-0.1, -0.05) is 22.0 Å². The smallest absolute Gasteiger partial charge is 0.184 e. The van der Waals surface area contributed by atoms with Gasteiger partial charge < -0.3 is 9.64 Å². The summed E-state index contributed by atoms with van der Waals surface area (Å²) in [5.41, 5.74) is 1.55. The van der Waals surface area contributed by atoms with Crippen LogP contribution in [0.3, 0.4) is 0 Å². The van der Waals surface area contributed by atoms with Crippen LogP contribution in [-0.4, -0.2) is 48.7 Å². The van der Waals surface area contributed by atoms with E-state index in [-0.39, 0.29) is 23.9 Å². The van der Waals surface area contributed by atoms with Gasteiger partial charge >= 0.3 is 0 Å². The number of likely N-dealkylation sites (tertiary alicyclic amines) is 1. The van der Waals surface area contributed by atoms with E-state index >= 15 is 0 Å². The number of carbonyl (C=O) groups excluding carboxylic acids is 2. The standard InChI is InChI=1S/C21H23BrN2O3/c1-24-10-8-14(9-11-24)21(26)18-5-3-4-16(23-18)13-19(25)17-12-15(22)6-7-20(17)27-2/h3-7,12,14H,8-11,13H2,1-2H3. The topological polar surface area (TPSA) is 59.5 Å². The average Bonchev–Trinajstić information content (AvgIpc) is 2.68. The molecule has 0 unspecified atom stereocenters. The fourth-order valence-electron chi connectivity index (χ4n) is 3.35. The zero-order valence-corrected chi connectivity index (χ0v) is 17.2. The molecule has 1 fully saturated rings. The van der Waals surface area contributed by atoms with Crippen LogP contribution >= 0.6 is 15.9 Å². The quantitative estimate of drug-likeness (QED) is 0.652. The van der Waals surface area contributed by atoms with E-state index < -0.39 is 0 Å². The predicted molar refractivity (Wildman–Crippen MR) is 108 cm³/mol. The number of nitrogens with zero attached hydrogens (tertiary/aromatic N) is 2. The van der Waals surface area contributed by atoms with Crippen molar-refractivity contribution in [2.24, 2.45) is 5.92 Å². The Kier molecular flexibility index (Phi) is 6.39. The molecule has 142 valence electrons. The maximum atomic E-state index is 12.8. The summed E-state index contributed by atoms with van der Waals surface area (Å²) in [7, 11) is 3.61. The second kappa shape index (κ2) is 8.76. The highest BCUT2D eigenvalue weighted by Gasteiger charge is 2.25. The third-order valence-corrected chi connectivity index (χ3v) is 5.45. The summed E-state index contributed by atoms with van der Waals surface area (Å²) in [6.45, 7) is 1.86. The van der Waals surface area contributed by atoms with Crippen LogP contribution in [0.4, 0.5) is 0 Å². The lowest BCUT2D eigenvalue weighted by Crippen LogP contribution is -2.33. The Labute approximate surface area is 167 Å². The first-order valence-electron chi connectivity index (χ1n) is 9.03. The molecule has 0 N–H and O–H groups in total. The minimum Gasteiger partial charge on any atom is -0.496 e. The zero-order valence-electron chi connectivity index (χ0n) is 15.6. The Bertz CT molecular complexity index is 845. The van der Waals surface area contributed by atoms with Gasteiger partial charge in [-0.25, -0.2) is 4.98 Å². The number of hydrogen-bond acceptors (Lipinski definition) is 5. The first-order valence-corrected chi connectivity index (χ1v) is 9.82. The number of Topliss-reactive ketones (excluding diaryl/α,β-unsaturated/α-hetero) is 2. The highest BCUT2D eigenvalue weighted by Crippen LogP contribution is 2.25. The molecular formula is C21H23BrN2O3. The van der Waals surface area contributed by atoms with E-state index in [1.807, 2.05) is 6.07 Å². The molecule has 0 bridgehead atoms. The molecule has 0 spiro atoms. The van der Waals surface area contributed by atoms with Crippen molar-refractivity contribution in [1.82, 2.24) is 9.88 Å². The third kappa shape index (κ3) is 4.82. The molecule has 0 atom stereocenters. The number of hydrogen-bond donors (Lipinski definition) is 0. The van der Waals surface area contributed by atoms with E-state index in [2.05, 4.69) is 32.9 Å². The highest BCUT2D eigenvalue weighted by molar-refractivity contribution is 9.10. The number of ether oxygens (including phenoxy) is 1. The Morgan fingerprint density at radius 1 is 1.22 bits per heavy atom. The highest BCUT2D eigenvalue weighted by atomic mass is 79.9. The Hall–Kier alpha value is -2.05. The van der Waals surface area contributed by atoms with E-state index in [1.165, 1.54) is 0 Å². The maximum absolute atomic E-state index is 12.8. The number of aromatic nitrogens is 1. The van der Waals surface area contributed by atoms with E-state index in [4.69, 9.17) is 4.74 Å². The van der Waals surface area contributed by atoms with Gasteiger partial charge in [0.25, 0.3) is 0 Å². The number of halogens is 1. The van der Waals surface area contributed by atoms with Crippen LogP contribution in [-0.2, 0) is 6.42 Å². The van der Waals surface area contributed by atoms with Crippen molar-refractivity contribution in [3.63, 3.8) is 0 Å². The number of benzene rings is 1. The van der Waals surface area contributed by atoms with E-state index in [1.54, 1.807) is 37.4 Å². The first-order chi connectivity index (χ1) is 13.0. The summed E-state index contributed by atoms with van der Waals surface area (Å²) in [4.78, 5) is 32.2. The van der Waals surface area contributed by atoms with Gasteiger partial charge in [-0.2, -0.15) is 0 Å². The van der Waals surface area contributed by atoms with Crippen molar-refractivity contribution in [3.8, 4) is 5.75 Å². The SMILES string of the molecule is COc1ccc(Br)cc1C(=O)Cc1cccc(C(=O)C2CCN(C)CC2)n1. The molecule has 1 aromatic heterocycles. The van der Waals surface area contributed by atoms with Crippen LogP contribution in [0.5, 0.6) is 5.75 Å². The van der Waals surface area contributed by atoms with Crippen molar-refractivity contribution in [1.29, 1.82) is 0 Å². The minimum absolute atomic E-state index is 0.0184.